The van der Waals surface area contributed by atoms with Crippen LogP contribution in [0.1, 0.15) is 16.7 Å². The molecular weight excluding hydrogens is 272 g/mol. The lowest BCUT2D eigenvalue weighted by Gasteiger charge is -2.19. The number of hydrogen-bond acceptors (Lipinski definition) is 4. The molecule has 1 aromatic carbocycles. The molecule has 0 fully saturated rings. The number of anilines is 1. The van der Waals surface area contributed by atoms with E-state index in [2.05, 4.69) is 11.1 Å². The van der Waals surface area contributed by atoms with Gasteiger partial charge in [-0.15, -0.1) is 0 Å². The van der Waals surface area contributed by atoms with Crippen LogP contribution in [-0.2, 0) is 6.54 Å². The summed E-state index contributed by atoms with van der Waals surface area (Å²) in [4.78, 5) is 6.05. The van der Waals surface area contributed by atoms with E-state index in [0.29, 0.717) is 28.5 Å². The van der Waals surface area contributed by atoms with Gasteiger partial charge in [-0.1, -0.05) is 23.7 Å². The highest BCUT2D eigenvalue weighted by Gasteiger charge is 2.12. The molecule has 5 heteroatoms. The van der Waals surface area contributed by atoms with E-state index >= 15 is 0 Å². The molecule has 0 unspecified atom stereocenters. The summed E-state index contributed by atoms with van der Waals surface area (Å²) in [6.45, 7) is 0.553. The summed E-state index contributed by atoms with van der Waals surface area (Å²) in [6.07, 6.45) is 1.56. The van der Waals surface area contributed by atoms with Crippen LogP contribution in [0.15, 0.2) is 36.5 Å². The fourth-order valence-electron chi connectivity index (χ4n) is 1.87. The minimum absolute atomic E-state index is 0.342. The maximum absolute atomic E-state index is 8.97. The van der Waals surface area contributed by atoms with Crippen molar-refractivity contribution < 1.29 is 0 Å². The van der Waals surface area contributed by atoms with Crippen LogP contribution in [0.25, 0.3) is 0 Å². The van der Waals surface area contributed by atoms with Crippen molar-refractivity contribution in [2.75, 3.05) is 11.9 Å². The Morgan fingerprint density at radius 3 is 2.75 bits per heavy atom. The molecule has 98 valence electrons. The summed E-state index contributed by atoms with van der Waals surface area (Å²) in [5.41, 5.74) is 1.99. The number of rotatable bonds is 3. The minimum Gasteiger partial charge on any atom is -0.354 e. The summed E-state index contributed by atoms with van der Waals surface area (Å²) >= 11 is 6.15. The van der Waals surface area contributed by atoms with Crippen molar-refractivity contribution in [2.45, 2.75) is 6.54 Å². The molecule has 0 spiro atoms. The van der Waals surface area contributed by atoms with Gasteiger partial charge in [0.2, 0.25) is 0 Å². The Kier molecular flexibility index (Phi) is 4.20. The summed E-state index contributed by atoms with van der Waals surface area (Å²) in [5.74, 6) is 0.549. The van der Waals surface area contributed by atoms with Gasteiger partial charge in [-0.2, -0.15) is 10.5 Å². The molecule has 0 amide bonds. The summed E-state index contributed by atoms with van der Waals surface area (Å²) in [5, 5.41) is 18.2. The second-order valence-electron chi connectivity index (χ2n) is 4.28. The Labute approximate surface area is 122 Å². The van der Waals surface area contributed by atoms with Crippen LogP contribution >= 0.6 is 11.6 Å². The second-order valence-corrected chi connectivity index (χ2v) is 4.65. The van der Waals surface area contributed by atoms with Gasteiger partial charge in [-0.3, -0.25) is 0 Å². The van der Waals surface area contributed by atoms with Gasteiger partial charge in [0, 0.05) is 19.8 Å². The topological polar surface area (TPSA) is 63.7 Å². The van der Waals surface area contributed by atoms with E-state index in [1.807, 2.05) is 36.2 Å². The quantitative estimate of drug-likeness (QED) is 0.868. The molecule has 0 saturated carbocycles. The Morgan fingerprint density at radius 2 is 2.05 bits per heavy atom. The van der Waals surface area contributed by atoms with E-state index in [1.54, 1.807) is 18.3 Å². The van der Waals surface area contributed by atoms with Gasteiger partial charge in [-0.05, 0) is 23.8 Å². The van der Waals surface area contributed by atoms with Gasteiger partial charge in [0.25, 0.3) is 0 Å². The average Bonchev–Trinajstić information content (AvgIpc) is 2.47. The van der Waals surface area contributed by atoms with Crippen LogP contribution in [0.2, 0.25) is 5.02 Å². The van der Waals surface area contributed by atoms with Crippen molar-refractivity contribution in [3.05, 3.63) is 58.2 Å². The third kappa shape index (κ3) is 2.88. The lowest BCUT2D eigenvalue weighted by Crippen LogP contribution is -2.18. The lowest BCUT2D eigenvalue weighted by molar-refractivity contribution is 0.897. The largest absolute Gasteiger partial charge is 0.354 e. The fourth-order valence-corrected chi connectivity index (χ4v) is 2.17. The Balaban J connectivity index is 2.27. The maximum atomic E-state index is 8.97. The van der Waals surface area contributed by atoms with Crippen LogP contribution in [0.4, 0.5) is 5.82 Å². The van der Waals surface area contributed by atoms with Crippen molar-refractivity contribution in [1.82, 2.24) is 4.98 Å². The van der Waals surface area contributed by atoms with Crippen molar-refractivity contribution in [3.63, 3.8) is 0 Å². The fraction of sp³-hybridized carbons (Fsp3) is 0.133. The monoisotopic (exact) mass is 282 g/mol. The molecule has 1 heterocycles. The molecule has 0 aliphatic carbocycles. The summed E-state index contributed by atoms with van der Waals surface area (Å²) in [6, 6.07) is 13.1. The second kappa shape index (κ2) is 6.06. The first-order chi connectivity index (χ1) is 9.65. The molecule has 1 aromatic heterocycles. The van der Waals surface area contributed by atoms with E-state index in [1.165, 1.54) is 0 Å². The van der Waals surface area contributed by atoms with Crippen molar-refractivity contribution in [3.8, 4) is 12.1 Å². The first kappa shape index (κ1) is 13.9. The van der Waals surface area contributed by atoms with E-state index in [0.717, 1.165) is 5.56 Å². The molecule has 0 aliphatic heterocycles. The average molecular weight is 283 g/mol. The number of aromatic nitrogens is 1. The van der Waals surface area contributed by atoms with Gasteiger partial charge >= 0.3 is 0 Å². The minimum atomic E-state index is 0.342. The molecule has 0 aliphatic rings. The molecule has 0 saturated heterocycles. The third-order valence-electron chi connectivity index (χ3n) is 2.83. The van der Waals surface area contributed by atoms with Crippen LogP contribution < -0.4 is 4.90 Å². The molecule has 0 N–H and O–H groups in total. The Morgan fingerprint density at radius 1 is 1.25 bits per heavy atom. The van der Waals surface area contributed by atoms with Gasteiger partial charge < -0.3 is 4.90 Å². The first-order valence-electron chi connectivity index (χ1n) is 5.90. The normalized spacial score (nSPS) is 9.60. The molecule has 4 nitrogen and oxygen atoms in total. The first-order valence-corrected chi connectivity index (χ1v) is 6.28. The molecule has 2 rings (SSSR count). The number of pyridine rings is 1. The van der Waals surface area contributed by atoms with E-state index in [9.17, 15) is 0 Å². The van der Waals surface area contributed by atoms with Gasteiger partial charge in [0.1, 0.15) is 16.9 Å². The number of nitrogens with zero attached hydrogens (tertiary/aromatic N) is 4. The van der Waals surface area contributed by atoms with Gasteiger partial charge in [0.05, 0.1) is 17.2 Å². The van der Waals surface area contributed by atoms with E-state index in [-0.39, 0.29) is 0 Å². The van der Waals surface area contributed by atoms with Crippen molar-refractivity contribution in [2.24, 2.45) is 0 Å². The SMILES string of the molecule is CN(Cc1cccc(C#N)c1)c1nccc(C#N)c1Cl. The molecular formula is C15H11ClN4. The highest BCUT2D eigenvalue weighted by molar-refractivity contribution is 6.34. The van der Waals surface area contributed by atoms with Crippen molar-refractivity contribution >= 4 is 17.4 Å². The highest BCUT2D eigenvalue weighted by Crippen LogP contribution is 2.26. The lowest BCUT2D eigenvalue weighted by atomic mass is 10.1. The molecule has 0 atom stereocenters. The molecule has 0 bridgehead atoms. The number of halogens is 1. The Hall–Kier alpha value is -2.56. The maximum Gasteiger partial charge on any atom is 0.148 e. The zero-order valence-corrected chi connectivity index (χ0v) is 11.6. The summed E-state index contributed by atoms with van der Waals surface area (Å²) < 4.78 is 0. The highest BCUT2D eigenvalue weighted by atomic mass is 35.5. The van der Waals surface area contributed by atoms with Crippen molar-refractivity contribution in [1.29, 1.82) is 10.5 Å². The Bertz CT molecular complexity index is 713. The van der Waals surface area contributed by atoms with Crippen LogP contribution in [0.5, 0.6) is 0 Å². The van der Waals surface area contributed by atoms with Gasteiger partial charge in [0.15, 0.2) is 0 Å². The third-order valence-corrected chi connectivity index (χ3v) is 3.20. The predicted octanol–water partition coefficient (Wildman–Crippen LogP) is 3.11. The zero-order chi connectivity index (χ0) is 14.5. The predicted molar refractivity (Wildman–Crippen MR) is 77.2 cm³/mol. The van der Waals surface area contributed by atoms with Crippen LogP contribution in [-0.4, -0.2) is 12.0 Å². The smallest absolute Gasteiger partial charge is 0.148 e. The number of nitriles is 2. The molecule has 2 aromatic rings. The summed E-state index contributed by atoms with van der Waals surface area (Å²) in [7, 11) is 1.84. The zero-order valence-electron chi connectivity index (χ0n) is 10.8. The van der Waals surface area contributed by atoms with E-state index in [4.69, 9.17) is 22.1 Å². The van der Waals surface area contributed by atoms with Crippen LogP contribution in [0, 0.1) is 22.7 Å². The molecule has 0 radical (unpaired) electrons. The molecule has 20 heavy (non-hydrogen) atoms. The van der Waals surface area contributed by atoms with Crippen LogP contribution in [0.3, 0.4) is 0 Å². The standard InChI is InChI=1S/C15H11ClN4/c1-20(10-12-4-2-3-11(7-12)8-17)15-14(16)13(9-18)5-6-19-15/h2-7H,10H2,1H3. The number of benzene rings is 1. The van der Waals surface area contributed by atoms with E-state index < -0.39 is 0 Å². The van der Waals surface area contributed by atoms with Gasteiger partial charge in [-0.25, -0.2) is 4.98 Å². The number of hydrogen-bond donors (Lipinski definition) is 0.